The molecule has 0 aromatic rings. The van der Waals surface area contributed by atoms with Gasteiger partial charge in [-0.2, -0.15) is 0 Å². The Labute approximate surface area is 163 Å². The normalized spacial score (nSPS) is 45.2. The van der Waals surface area contributed by atoms with Gasteiger partial charge in [0.2, 0.25) is 11.8 Å². The van der Waals surface area contributed by atoms with Crippen molar-refractivity contribution in [3.8, 4) is 0 Å². The predicted molar refractivity (Wildman–Crippen MR) is 95.1 cm³/mol. The Morgan fingerprint density at radius 1 is 1.14 bits per heavy atom. The number of carbonyl (C=O) groups excluding carboxylic acids is 3. The van der Waals surface area contributed by atoms with Gasteiger partial charge in [-0.1, -0.05) is 6.92 Å². The van der Waals surface area contributed by atoms with Crippen LogP contribution in [0.4, 0.5) is 0 Å². The van der Waals surface area contributed by atoms with Crippen LogP contribution in [0.25, 0.3) is 0 Å². The van der Waals surface area contributed by atoms with Crippen molar-refractivity contribution in [2.45, 2.75) is 64.5 Å². The van der Waals surface area contributed by atoms with Gasteiger partial charge in [-0.15, -0.1) is 0 Å². The van der Waals surface area contributed by atoms with Gasteiger partial charge in [0.15, 0.2) is 12.7 Å². The molecule has 0 aromatic carbocycles. The third-order valence-electron chi connectivity index (χ3n) is 7.15. The number of aliphatic hydroxyl groups is 1. The molecule has 7 atom stereocenters. The molecule has 3 heterocycles. The summed E-state index contributed by atoms with van der Waals surface area (Å²) in [6, 6.07) is -0.758. The summed E-state index contributed by atoms with van der Waals surface area (Å²) in [6.45, 7) is 6.03. The number of ether oxygens (including phenoxy) is 2. The molecule has 28 heavy (non-hydrogen) atoms. The third kappa shape index (κ3) is 2.25. The molecular weight excluding hydrogens is 368 g/mol. The van der Waals surface area contributed by atoms with Crippen LogP contribution in [-0.2, 0) is 23.9 Å². The molecule has 10 nitrogen and oxygen atoms in total. The monoisotopic (exact) mass is 396 g/mol. The van der Waals surface area contributed by atoms with Crippen LogP contribution in [0.3, 0.4) is 0 Å². The first-order valence-corrected chi connectivity index (χ1v) is 9.73. The Morgan fingerprint density at radius 2 is 1.71 bits per heavy atom. The molecule has 0 radical (unpaired) electrons. The van der Waals surface area contributed by atoms with Crippen molar-refractivity contribution < 1.29 is 29.0 Å². The van der Waals surface area contributed by atoms with Crippen molar-refractivity contribution in [2.75, 3.05) is 20.2 Å². The lowest BCUT2D eigenvalue weighted by Gasteiger charge is -2.72. The molecule has 1 aliphatic carbocycles. The zero-order valence-corrected chi connectivity index (χ0v) is 16.6. The van der Waals surface area contributed by atoms with E-state index in [2.05, 4.69) is 10.6 Å². The van der Waals surface area contributed by atoms with E-state index in [4.69, 9.17) is 9.47 Å². The number of hydrogen-bond acceptors (Lipinski definition) is 8. The van der Waals surface area contributed by atoms with Gasteiger partial charge in [-0.05, 0) is 20.3 Å². The van der Waals surface area contributed by atoms with E-state index < -0.39 is 35.7 Å². The molecule has 0 spiro atoms. The molecule has 2 amide bonds. The van der Waals surface area contributed by atoms with Crippen molar-refractivity contribution in [1.82, 2.24) is 20.4 Å². The average Bonchev–Trinajstić information content (AvgIpc) is 2.80. The number of rotatable bonds is 4. The van der Waals surface area contributed by atoms with Crippen molar-refractivity contribution in [3.05, 3.63) is 0 Å². The van der Waals surface area contributed by atoms with Gasteiger partial charge < -0.3 is 25.2 Å². The van der Waals surface area contributed by atoms with Crippen LogP contribution in [0, 0.1) is 10.8 Å². The SMILES string of the molecule is CCCC(=O)OC1CN2C(O)NC(=O)C3(C)C2C2N(C1)C(OC)NC(=O)C23C. The molecular formula is C18H28N4O6. The highest BCUT2D eigenvalue weighted by Gasteiger charge is 2.81. The Balaban J connectivity index is 1.75. The lowest BCUT2D eigenvalue weighted by Crippen LogP contribution is -2.91. The number of nitrogens with one attached hydrogen (secondary N) is 2. The Kier molecular flexibility index (Phi) is 4.46. The Bertz CT molecular complexity index is 718. The van der Waals surface area contributed by atoms with E-state index >= 15 is 0 Å². The molecule has 0 bridgehead atoms. The zero-order chi connectivity index (χ0) is 20.4. The van der Waals surface area contributed by atoms with Crippen molar-refractivity contribution in [1.29, 1.82) is 0 Å². The highest BCUT2D eigenvalue weighted by molar-refractivity contribution is 5.98. The summed E-state index contributed by atoms with van der Waals surface area (Å²) >= 11 is 0. The van der Waals surface area contributed by atoms with E-state index in [1.165, 1.54) is 7.11 Å². The summed E-state index contributed by atoms with van der Waals surface area (Å²) in [6.07, 6.45) is -1.44. The highest BCUT2D eigenvalue weighted by atomic mass is 16.5. The minimum atomic E-state index is -1.20. The molecule has 3 N–H and O–H groups in total. The molecule has 156 valence electrons. The summed E-state index contributed by atoms with van der Waals surface area (Å²) < 4.78 is 11.1. The fourth-order valence-electron chi connectivity index (χ4n) is 5.58. The Hall–Kier alpha value is -1.75. The molecule has 1 saturated carbocycles. The molecule has 4 rings (SSSR count). The van der Waals surface area contributed by atoms with E-state index in [0.717, 1.165) is 0 Å². The molecule has 0 aromatic heterocycles. The minimum Gasteiger partial charge on any atom is -0.460 e. The topological polar surface area (TPSA) is 120 Å². The van der Waals surface area contributed by atoms with Gasteiger partial charge in [0.05, 0.1) is 10.8 Å². The predicted octanol–water partition coefficient (Wildman–Crippen LogP) is -1.46. The lowest BCUT2D eigenvalue weighted by molar-refractivity contribution is -0.274. The molecule has 7 unspecified atom stereocenters. The van der Waals surface area contributed by atoms with Gasteiger partial charge in [-0.25, -0.2) is 0 Å². The molecule has 3 saturated heterocycles. The van der Waals surface area contributed by atoms with E-state index in [1.54, 1.807) is 18.7 Å². The Morgan fingerprint density at radius 3 is 2.32 bits per heavy atom. The number of nitrogens with zero attached hydrogens (tertiary/aromatic N) is 2. The maximum atomic E-state index is 13.0. The van der Waals surface area contributed by atoms with Crippen molar-refractivity contribution >= 4 is 17.8 Å². The highest BCUT2D eigenvalue weighted by Crippen LogP contribution is 2.64. The molecule has 4 fully saturated rings. The molecule has 3 aliphatic heterocycles. The van der Waals surface area contributed by atoms with E-state index in [1.807, 2.05) is 11.8 Å². The van der Waals surface area contributed by atoms with E-state index in [9.17, 15) is 19.5 Å². The van der Waals surface area contributed by atoms with Gasteiger partial charge in [0.1, 0.15) is 6.10 Å². The van der Waals surface area contributed by atoms with Crippen molar-refractivity contribution in [2.24, 2.45) is 10.8 Å². The fraction of sp³-hybridized carbons (Fsp3) is 0.833. The van der Waals surface area contributed by atoms with Crippen LogP contribution in [-0.4, -0.2) is 83.8 Å². The van der Waals surface area contributed by atoms with Crippen LogP contribution in [0.15, 0.2) is 0 Å². The van der Waals surface area contributed by atoms with Crippen LogP contribution in [0.2, 0.25) is 0 Å². The number of amides is 2. The van der Waals surface area contributed by atoms with E-state index in [0.29, 0.717) is 19.4 Å². The van der Waals surface area contributed by atoms with Gasteiger partial charge in [-0.3, -0.25) is 24.2 Å². The number of esters is 1. The van der Waals surface area contributed by atoms with Crippen LogP contribution >= 0.6 is 0 Å². The number of carbonyl (C=O) groups is 3. The van der Waals surface area contributed by atoms with Gasteiger partial charge >= 0.3 is 5.97 Å². The quantitative estimate of drug-likeness (QED) is 0.494. The standard InChI is InChI=1S/C18H28N4O6/c1-5-6-10(23)28-9-7-21-11-12-18(3,17(11,2)13(24)19-15(21)26)14(25)20-16(27-4)22(12)8-9/h9,11-12,15-16,26H,5-8H2,1-4H3,(H,19,24)(H,20,25). The van der Waals surface area contributed by atoms with Crippen LogP contribution in [0.1, 0.15) is 33.6 Å². The number of aliphatic hydroxyl groups excluding tert-OH is 1. The van der Waals surface area contributed by atoms with Crippen LogP contribution in [0.5, 0.6) is 0 Å². The summed E-state index contributed by atoms with van der Waals surface area (Å²) in [7, 11) is 1.49. The first-order valence-electron chi connectivity index (χ1n) is 9.73. The lowest BCUT2D eigenvalue weighted by atomic mass is 9.42. The maximum Gasteiger partial charge on any atom is 0.306 e. The fourth-order valence-corrected chi connectivity index (χ4v) is 5.58. The first kappa shape index (κ1) is 19.6. The number of fused-ring (bicyclic) bond motifs is 1. The first-order chi connectivity index (χ1) is 13.2. The molecule has 4 aliphatic rings. The van der Waals surface area contributed by atoms with Gasteiger partial charge in [0, 0.05) is 38.7 Å². The average molecular weight is 396 g/mol. The smallest absolute Gasteiger partial charge is 0.306 e. The maximum absolute atomic E-state index is 13.0. The number of hydrogen-bond donors (Lipinski definition) is 3. The second kappa shape index (κ2) is 6.38. The summed E-state index contributed by atoms with van der Waals surface area (Å²) in [5, 5.41) is 16.0. The second-order valence-electron chi connectivity index (χ2n) is 8.46. The van der Waals surface area contributed by atoms with E-state index in [-0.39, 0.29) is 30.4 Å². The zero-order valence-electron chi connectivity index (χ0n) is 16.6. The van der Waals surface area contributed by atoms with Crippen LogP contribution < -0.4 is 10.6 Å². The summed E-state index contributed by atoms with van der Waals surface area (Å²) in [4.78, 5) is 41.7. The summed E-state index contributed by atoms with van der Waals surface area (Å²) in [5.41, 5.74) is -2.03. The number of methoxy groups -OCH3 is 1. The van der Waals surface area contributed by atoms with Crippen molar-refractivity contribution in [3.63, 3.8) is 0 Å². The summed E-state index contributed by atoms with van der Waals surface area (Å²) in [5.74, 6) is -0.919. The molecule has 10 heteroatoms. The second-order valence-corrected chi connectivity index (χ2v) is 8.46. The van der Waals surface area contributed by atoms with Gasteiger partial charge in [0.25, 0.3) is 0 Å². The largest absolute Gasteiger partial charge is 0.460 e. The third-order valence-corrected chi connectivity index (χ3v) is 7.15. The minimum absolute atomic E-state index is 0.255.